The molecule has 0 spiro atoms. The molecule has 0 aliphatic carbocycles. The zero-order valence-electron chi connectivity index (χ0n) is 19.9. The number of carbonyl (C=O) groups is 3. The summed E-state index contributed by atoms with van der Waals surface area (Å²) in [4.78, 5) is 38.0. The van der Waals surface area contributed by atoms with Crippen LogP contribution >= 0.6 is 11.6 Å². The van der Waals surface area contributed by atoms with Crippen molar-refractivity contribution in [2.24, 2.45) is 0 Å². The first-order valence-electron chi connectivity index (χ1n) is 11.1. The van der Waals surface area contributed by atoms with Crippen molar-refractivity contribution in [3.63, 3.8) is 0 Å². The Kier molecular flexibility index (Phi) is 11.1. The highest BCUT2D eigenvalue weighted by Crippen LogP contribution is 2.22. The maximum atomic E-state index is 13.5. The predicted molar refractivity (Wildman–Crippen MR) is 127 cm³/mol. The Balaban J connectivity index is 0.000000604. The first-order valence-corrected chi connectivity index (χ1v) is 11.5. The highest BCUT2D eigenvalue weighted by molar-refractivity contribution is 6.31. The highest BCUT2D eigenvalue weighted by atomic mass is 35.5. The molecule has 1 heterocycles. The molecule has 2 aromatic carbocycles. The number of benzene rings is 2. The Morgan fingerprint density at radius 1 is 1.14 bits per heavy atom. The van der Waals surface area contributed by atoms with Gasteiger partial charge in [-0.1, -0.05) is 29.8 Å². The van der Waals surface area contributed by atoms with Gasteiger partial charge in [0.2, 0.25) is 5.91 Å². The molecule has 0 unspecified atom stereocenters. The fourth-order valence-electron chi connectivity index (χ4n) is 3.41. The summed E-state index contributed by atoms with van der Waals surface area (Å²) in [6.07, 6.45) is -4.88. The molecule has 1 fully saturated rings. The molecule has 2 aromatic rings. The Bertz CT molecular complexity index is 1090. The van der Waals surface area contributed by atoms with Crippen LogP contribution in [0.2, 0.25) is 5.02 Å². The van der Waals surface area contributed by atoms with Crippen LogP contribution in [0.5, 0.6) is 5.75 Å². The Hall–Kier alpha value is -3.38. The summed E-state index contributed by atoms with van der Waals surface area (Å²) < 4.78 is 50.7. The van der Waals surface area contributed by atoms with Gasteiger partial charge in [0.15, 0.2) is 0 Å². The van der Waals surface area contributed by atoms with Gasteiger partial charge in [-0.2, -0.15) is 13.2 Å². The number of carboxylic acids is 1. The Labute approximate surface area is 215 Å². The van der Waals surface area contributed by atoms with Gasteiger partial charge in [-0.05, 0) is 24.3 Å². The van der Waals surface area contributed by atoms with Crippen LogP contribution in [0.3, 0.4) is 0 Å². The fourth-order valence-corrected chi connectivity index (χ4v) is 3.59. The highest BCUT2D eigenvalue weighted by Gasteiger charge is 2.38. The number of amides is 2. The quantitative estimate of drug-likeness (QED) is 0.514. The van der Waals surface area contributed by atoms with Crippen molar-refractivity contribution in [1.82, 2.24) is 15.1 Å². The summed E-state index contributed by atoms with van der Waals surface area (Å²) >= 11 is 5.87. The van der Waals surface area contributed by atoms with Gasteiger partial charge in [0.1, 0.15) is 11.6 Å². The molecule has 0 radical (unpaired) electrons. The lowest BCUT2D eigenvalue weighted by Crippen LogP contribution is -2.47. The Morgan fingerprint density at radius 2 is 1.76 bits per heavy atom. The average Bonchev–Trinajstić information content (AvgIpc) is 2.88. The second kappa shape index (κ2) is 13.8. The third-order valence-electron chi connectivity index (χ3n) is 5.32. The zero-order chi connectivity index (χ0) is 27.6. The van der Waals surface area contributed by atoms with E-state index in [2.05, 4.69) is 5.32 Å². The summed E-state index contributed by atoms with van der Waals surface area (Å²) in [7, 11) is 1.57. The number of halogens is 5. The second-order valence-corrected chi connectivity index (χ2v) is 8.26. The summed E-state index contributed by atoms with van der Waals surface area (Å²) in [5, 5.41) is 10.2. The molecule has 3 rings (SSSR count). The lowest BCUT2D eigenvalue weighted by Gasteiger charge is -2.29. The van der Waals surface area contributed by atoms with Crippen molar-refractivity contribution in [3.8, 4) is 5.75 Å². The number of ether oxygens (including phenoxy) is 1. The molecule has 2 amide bonds. The minimum absolute atomic E-state index is 0.00599. The maximum absolute atomic E-state index is 13.5. The van der Waals surface area contributed by atoms with Gasteiger partial charge >= 0.3 is 12.1 Å². The van der Waals surface area contributed by atoms with E-state index in [0.717, 1.165) is 18.7 Å². The second-order valence-electron chi connectivity index (χ2n) is 7.85. The summed E-state index contributed by atoms with van der Waals surface area (Å²) in [5.41, 5.74) is 1.09. The van der Waals surface area contributed by atoms with Crippen LogP contribution in [0.4, 0.5) is 17.6 Å². The van der Waals surface area contributed by atoms with E-state index in [0.29, 0.717) is 18.8 Å². The van der Waals surface area contributed by atoms with Gasteiger partial charge in [0.25, 0.3) is 5.91 Å². The standard InChI is InChI=1S/C22H25ClFN3O3.C2HF3O2/c1-30-20-5-3-2-4-17(20)15-27(11-8-21(28)26-12-9-25-10-13-26)22(29)16-6-7-19(24)18(23)14-16;3-2(4,5)1(6)7/h2-7,14,25H,8-13,15H2,1H3;(H,6,7). The number of piperazine rings is 1. The fraction of sp³-hybridized carbons (Fsp3) is 0.375. The van der Waals surface area contributed by atoms with Crippen molar-refractivity contribution in [2.45, 2.75) is 19.1 Å². The van der Waals surface area contributed by atoms with E-state index >= 15 is 0 Å². The van der Waals surface area contributed by atoms with Crippen LogP contribution < -0.4 is 10.1 Å². The third kappa shape index (κ3) is 9.21. The first-order chi connectivity index (χ1) is 17.4. The largest absolute Gasteiger partial charge is 0.496 e. The van der Waals surface area contributed by atoms with E-state index in [1.54, 1.807) is 16.9 Å². The molecule has 1 aliphatic rings. The molecule has 1 saturated heterocycles. The summed E-state index contributed by atoms with van der Waals surface area (Å²) in [6, 6.07) is 11.3. The van der Waals surface area contributed by atoms with Crippen LogP contribution in [0, 0.1) is 5.82 Å². The molecule has 13 heteroatoms. The van der Waals surface area contributed by atoms with E-state index in [9.17, 15) is 27.2 Å². The van der Waals surface area contributed by atoms with Gasteiger partial charge in [0, 0.05) is 56.8 Å². The molecule has 0 atom stereocenters. The lowest BCUT2D eigenvalue weighted by atomic mass is 10.1. The summed E-state index contributed by atoms with van der Waals surface area (Å²) in [5.74, 6) is -3.01. The summed E-state index contributed by atoms with van der Waals surface area (Å²) in [6.45, 7) is 3.34. The minimum atomic E-state index is -5.08. The van der Waals surface area contributed by atoms with E-state index in [-0.39, 0.29) is 41.9 Å². The molecule has 1 aliphatic heterocycles. The van der Waals surface area contributed by atoms with Gasteiger partial charge in [-0.15, -0.1) is 0 Å². The van der Waals surface area contributed by atoms with E-state index < -0.39 is 18.0 Å². The Morgan fingerprint density at radius 3 is 2.32 bits per heavy atom. The van der Waals surface area contributed by atoms with Crippen LogP contribution in [0.1, 0.15) is 22.3 Å². The lowest BCUT2D eigenvalue weighted by molar-refractivity contribution is -0.192. The molecule has 0 saturated carbocycles. The van der Waals surface area contributed by atoms with Crippen LogP contribution in [0.25, 0.3) is 0 Å². The molecular weight excluding hydrogens is 522 g/mol. The van der Waals surface area contributed by atoms with Crippen LogP contribution in [0.15, 0.2) is 42.5 Å². The first kappa shape index (κ1) is 29.8. The number of nitrogens with zero attached hydrogens (tertiary/aromatic N) is 2. The number of carbonyl (C=O) groups excluding carboxylic acids is 2. The maximum Gasteiger partial charge on any atom is 0.490 e. The third-order valence-corrected chi connectivity index (χ3v) is 5.60. The van der Waals surface area contributed by atoms with Crippen molar-refractivity contribution < 1.29 is 41.8 Å². The van der Waals surface area contributed by atoms with E-state index in [4.69, 9.17) is 26.2 Å². The van der Waals surface area contributed by atoms with Crippen molar-refractivity contribution in [1.29, 1.82) is 0 Å². The average molecular weight is 548 g/mol. The molecule has 8 nitrogen and oxygen atoms in total. The molecule has 202 valence electrons. The minimum Gasteiger partial charge on any atom is -0.496 e. The SMILES string of the molecule is COc1ccccc1CN(CCC(=O)N1CCNCC1)C(=O)c1ccc(F)c(Cl)c1.O=C(O)C(F)(F)F. The monoisotopic (exact) mass is 547 g/mol. The number of nitrogens with one attached hydrogen (secondary N) is 1. The number of rotatable bonds is 7. The van der Waals surface area contributed by atoms with E-state index in [1.807, 2.05) is 24.3 Å². The molecular formula is C24H26ClF4N3O5. The normalized spacial score (nSPS) is 13.3. The van der Waals surface area contributed by atoms with Crippen LogP contribution in [-0.2, 0) is 16.1 Å². The van der Waals surface area contributed by atoms with Gasteiger partial charge in [0.05, 0.1) is 12.1 Å². The predicted octanol–water partition coefficient (Wildman–Crippen LogP) is 3.59. The zero-order valence-corrected chi connectivity index (χ0v) is 20.6. The number of aliphatic carboxylic acids is 1. The van der Waals surface area contributed by atoms with Gasteiger partial charge < -0.3 is 25.0 Å². The molecule has 37 heavy (non-hydrogen) atoms. The molecule has 0 aromatic heterocycles. The number of methoxy groups -OCH3 is 1. The number of hydrogen-bond acceptors (Lipinski definition) is 5. The number of hydrogen-bond donors (Lipinski definition) is 2. The number of alkyl halides is 3. The van der Waals surface area contributed by atoms with Gasteiger partial charge in [-0.25, -0.2) is 9.18 Å². The van der Waals surface area contributed by atoms with Crippen molar-refractivity contribution >= 4 is 29.4 Å². The van der Waals surface area contributed by atoms with E-state index in [1.165, 1.54) is 18.2 Å². The number of para-hydroxylation sites is 1. The molecule has 2 N–H and O–H groups in total. The number of carboxylic acid groups (broad SMARTS) is 1. The van der Waals surface area contributed by atoms with Crippen molar-refractivity contribution in [2.75, 3.05) is 39.8 Å². The van der Waals surface area contributed by atoms with Crippen molar-refractivity contribution in [3.05, 3.63) is 64.4 Å². The molecule has 0 bridgehead atoms. The topological polar surface area (TPSA) is 99.2 Å². The van der Waals surface area contributed by atoms with Gasteiger partial charge in [-0.3, -0.25) is 9.59 Å². The smallest absolute Gasteiger partial charge is 0.490 e. The van der Waals surface area contributed by atoms with Crippen LogP contribution in [-0.4, -0.2) is 78.7 Å².